The smallest absolute Gasteiger partial charge is 0.0915 e. The highest BCUT2D eigenvalue weighted by Gasteiger charge is 2.36. The highest BCUT2D eigenvalue weighted by Crippen LogP contribution is 2.29. The predicted molar refractivity (Wildman–Crippen MR) is 44.4 cm³/mol. The molecule has 2 atom stereocenters. The minimum Gasteiger partial charge on any atom is -0.387 e. The first-order valence-electron chi connectivity index (χ1n) is 4.39. The number of piperidine rings is 1. The van der Waals surface area contributed by atoms with Crippen LogP contribution in [0.1, 0.15) is 19.3 Å². The summed E-state index contributed by atoms with van der Waals surface area (Å²) < 4.78 is 0. The van der Waals surface area contributed by atoms with Crippen LogP contribution >= 0.6 is 0 Å². The predicted octanol–water partition coefficient (Wildman–Crippen LogP) is 0.772. The molecule has 62 valence electrons. The quantitative estimate of drug-likeness (QED) is 0.520. The van der Waals surface area contributed by atoms with E-state index in [4.69, 9.17) is 0 Å². The summed E-state index contributed by atoms with van der Waals surface area (Å²) in [5.41, 5.74) is 1.01. The molecule has 2 fully saturated rings. The molecule has 0 radical (unpaired) electrons. The molecule has 0 aliphatic carbocycles. The molecule has 0 unspecified atom stereocenters. The van der Waals surface area contributed by atoms with Crippen LogP contribution in [0.5, 0.6) is 0 Å². The summed E-state index contributed by atoms with van der Waals surface area (Å²) in [5, 5.41) is 9.65. The first-order chi connectivity index (χ1) is 5.29. The largest absolute Gasteiger partial charge is 0.387 e. The number of fused-ring (bicyclic) bond motifs is 1. The summed E-state index contributed by atoms with van der Waals surface area (Å²) in [6, 6.07) is 0.399. The summed E-state index contributed by atoms with van der Waals surface area (Å²) in [7, 11) is 0. The lowest BCUT2D eigenvalue weighted by molar-refractivity contribution is 0.0997. The number of hydrogen-bond acceptors (Lipinski definition) is 2. The number of rotatable bonds is 0. The SMILES string of the molecule is C=C1CN2CCCC[C@H]2[C@@H]1O. The zero-order valence-corrected chi connectivity index (χ0v) is 6.79. The average molecular weight is 153 g/mol. The zero-order valence-electron chi connectivity index (χ0n) is 6.79. The average Bonchev–Trinajstić information content (AvgIpc) is 2.30. The molecule has 0 saturated carbocycles. The van der Waals surface area contributed by atoms with Crippen LogP contribution in [-0.4, -0.2) is 35.2 Å². The summed E-state index contributed by atoms with van der Waals surface area (Å²) >= 11 is 0. The van der Waals surface area contributed by atoms with Gasteiger partial charge in [0.15, 0.2) is 0 Å². The van der Waals surface area contributed by atoms with Crippen LogP contribution < -0.4 is 0 Å². The highest BCUT2D eigenvalue weighted by atomic mass is 16.3. The molecular weight excluding hydrogens is 138 g/mol. The van der Waals surface area contributed by atoms with Crippen molar-refractivity contribution in [2.45, 2.75) is 31.4 Å². The van der Waals surface area contributed by atoms with Gasteiger partial charge in [-0.1, -0.05) is 13.0 Å². The van der Waals surface area contributed by atoms with E-state index in [1.54, 1.807) is 0 Å². The summed E-state index contributed by atoms with van der Waals surface area (Å²) in [6.07, 6.45) is 3.47. The minimum atomic E-state index is -0.240. The number of nitrogens with zero attached hydrogens (tertiary/aromatic N) is 1. The molecule has 0 aromatic rings. The van der Waals surface area contributed by atoms with Gasteiger partial charge in [0.1, 0.15) is 0 Å². The van der Waals surface area contributed by atoms with Crippen LogP contribution in [-0.2, 0) is 0 Å². The van der Waals surface area contributed by atoms with Gasteiger partial charge in [-0.15, -0.1) is 0 Å². The molecule has 0 aromatic heterocycles. The van der Waals surface area contributed by atoms with Gasteiger partial charge < -0.3 is 5.11 Å². The van der Waals surface area contributed by atoms with Crippen molar-refractivity contribution < 1.29 is 5.11 Å². The number of hydrogen-bond donors (Lipinski definition) is 1. The Balaban J connectivity index is 2.11. The fraction of sp³-hybridized carbons (Fsp3) is 0.778. The second-order valence-electron chi connectivity index (χ2n) is 3.64. The van der Waals surface area contributed by atoms with E-state index in [1.165, 1.54) is 12.8 Å². The third-order valence-corrected chi connectivity index (χ3v) is 2.85. The van der Waals surface area contributed by atoms with E-state index >= 15 is 0 Å². The topological polar surface area (TPSA) is 23.5 Å². The summed E-state index contributed by atoms with van der Waals surface area (Å²) in [5.74, 6) is 0. The monoisotopic (exact) mass is 153 g/mol. The van der Waals surface area contributed by atoms with Crippen molar-refractivity contribution in [3.05, 3.63) is 12.2 Å². The third kappa shape index (κ3) is 1.10. The van der Waals surface area contributed by atoms with E-state index < -0.39 is 0 Å². The summed E-state index contributed by atoms with van der Waals surface area (Å²) in [6.45, 7) is 5.94. The standard InChI is InChI=1S/C9H15NO/c1-7-6-10-5-3-2-4-8(10)9(7)11/h8-9,11H,1-6H2/t8-,9+/m0/s1. The van der Waals surface area contributed by atoms with Crippen molar-refractivity contribution in [3.8, 4) is 0 Å². The number of aliphatic hydroxyl groups excluding tert-OH is 1. The fourth-order valence-corrected chi connectivity index (χ4v) is 2.20. The zero-order chi connectivity index (χ0) is 7.84. The molecule has 2 heteroatoms. The normalized spacial score (nSPS) is 39.2. The van der Waals surface area contributed by atoms with Crippen molar-refractivity contribution >= 4 is 0 Å². The first-order valence-corrected chi connectivity index (χ1v) is 4.39. The summed E-state index contributed by atoms with van der Waals surface area (Å²) in [4.78, 5) is 2.36. The second-order valence-corrected chi connectivity index (χ2v) is 3.64. The molecule has 0 aromatic carbocycles. The van der Waals surface area contributed by atoms with Crippen LogP contribution in [0.3, 0.4) is 0 Å². The van der Waals surface area contributed by atoms with Gasteiger partial charge in [-0.2, -0.15) is 0 Å². The highest BCUT2D eigenvalue weighted by molar-refractivity contribution is 5.16. The molecule has 2 aliphatic heterocycles. The lowest BCUT2D eigenvalue weighted by Crippen LogP contribution is -2.38. The molecule has 2 rings (SSSR count). The van der Waals surface area contributed by atoms with Gasteiger partial charge >= 0.3 is 0 Å². The van der Waals surface area contributed by atoms with Crippen molar-refractivity contribution in [2.75, 3.05) is 13.1 Å². The van der Waals surface area contributed by atoms with Gasteiger partial charge in [0, 0.05) is 12.6 Å². The Morgan fingerprint density at radius 3 is 3.00 bits per heavy atom. The molecule has 1 N–H and O–H groups in total. The minimum absolute atomic E-state index is 0.240. The Hall–Kier alpha value is -0.340. The Morgan fingerprint density at radius 2 is 2.27 bits per heavy atom. The Kier molecular flexibility index (Phi) is 1.74. The van der Waals surface area contributed by atoms with Gasteiger partial charge in [-0.25, -0.2) is 0 Å². The molecule has 11 heavy (non-hydrogen) atoms. The molecule has 2 aliphatic rings. The van der Waals surface area contributed by atoms with Gasteiger partial charge in [0.2, 0.25) is 0 Å². The van der Waals surface area contributed by atoms with E-state index in [-0.39, 0.29) is 6.10 Å². The van der Waals surface area contributed by atoms with Crippen molar-refractivity contribution in [2.24, 2.45) is 0 Å². The lowest BCUT2D eigenvalue weighted by atomic mass is 10.00. The van der Waals surface area contributed by atoms with Gasteiger partial charge in [0.25, 0.3) is 0 Å². The Bertz CT molecular complexity index is 178. The van der Waals surface area contributed by atoms with E-state index in [0.717, 1.165) is 25.1 Å². The Morgan fingerprint density at radius 1 is 1.45 bits per heavy atom. The van der Waals surface area contributed by atoms with E-state index in [9.17, 15) is 5.11 Å². The van der Waals surface area contributed by atoms with Crippen molar-refractivity contribution in [1.29, 1.82) is 0 Å². The van der Waals surface area contributed by atoms with E-state index in [0.29, 0.717) is 6.04 Å². The van der Waals surface area contributed by atoms with Crippen molar-refractivity contribution in [3.63, 3.8) is 0 Å². The molecule has 2 saturated heterocycles. The molecule has 2 heterocycles. The molecular formula is C9H15NO. The molecule has 0 bridgehead atoms. The van der Waals surface area contributed by atoms with Gasteiger partial charge in [-0.05, 0) is 25.0 Å². The first kappa shape index (κ1) is 7.32. The third-order valence-electron chi connectivity index (χ3n) is 2.85. The maximum absolute atomic E-state index is 9.65. The molecule has 0 spiro atoms. The van der Waals surface area contributed by atoms with Gasteiger partial charge in [-0.3, -0.25) is 4.90 Å². The molecule has 2 nitrogen and oxygen atoms in total. The maximum Gasteiger partial charge on any atom is 0.0915 e. The lowest BCUT2D eigenvalue weighted by Gasteiger charge is -2.29. The molecule has 0 amide bonds. The van der Waals surface area contributed by atoms with Gasteiger partial charge in [0.05, 0.1) is 6.10 Å². The van der Waals surface area contributed by atoms with Crippen LogP contribution in [0.2, 0.25) is 0 Å². The maximum atomic E-state index is 9.65. The van der Waals surface area contributed by atoms with Crippen molar-refractivity contribution in [1.82, 2.24) is 4.90 Å². The van der Waals surface area contributed by atoms with Crippen LogP contribution in [0, 0.1) is 0 Å². The van der Waals surface area contributed by atoms with E-state index in [1.807, 2.05) is 0 Å². The van der Waals surface area contributed by atoms with Crippen LogP contribution in [0.4, 0.5) is 0 Å². The van der Waals surface area contributed by atoms with Crippen LogP contribution in [0.25, 0.3) is 0 Å². The van der Waals surface area contributed by atoms with Crippen LogP contribution in [0.15, 0.2) is 12.2 Å². The Labute approximate surface area is 67.5 Å². The number of aliphatic hydroxyl groups is 1. The fourth-order valence-electron chi connectivity index (χ4n) is 2.20. The second kappa shape index (κ2) is 2.61. The van der Waals surface area contributed by atoms with E-state index in [2.05, 4.69) is 11.5 Å².